The lowest BCUT2D eigenvalue weighted by molar-refractivity contribution is 0.0947. The van der Waals surface area contributed by atoms with Gasteiger partial charge in [0.05, 0.1) is 5.56 Å². The van der Waals surface area contributed by atoms with Crippen LogP contribution in [0, 0.1) is 5.82 Å². The molecule has 2 rings (SSSR count). The van der Waals surface area contributed by atoms with E-state index >= 15 is 0 Å². The molecule has 0 fully saturated rings. The summed E-state index contributed by atoms with van der Waals surface area (Å²) in [5.41, 5.74) is 1.10. The van der Waals surface area contributed by atoms with E-state index in [2.05, 4.69) is 5.32 Å². The Morgan fingerprint density at radius 2 is 1.84 bits per heavy atom. The van der Waals surface area contributed by atoms with Crippen LogP contribution in [0.2, 0.25) is 0 Å². The molecule has 2 aromatic rings. The fourth-order valence-electron chi connectivity index (χ4n) is 1.74. The van der Waals surface area contributed by atoms with Crippen molar-refractivity contribution in [3.05, 3.63) is 65.5 Å². The molecule has 0 radical (unpaired) electrons. The van der Waals surface area contributed by atoms with E-state index in [1.54, 1.807) is 24.3 Å². The topological polar surface area (TPSA) is 29.1 Å². The van der Waals surface area contributed by atoms with Gasteiger partial charge in [-0.15, -0.1) is 11.8 Å². The van der Waals surface area contributed by atoms with Crippen LogP contribution >= 0.6 is 11.8 Å². The van der Waals surface area contributed by atoms with Crippen molar-refractivity contribution >= 4 is 17.7 Å². The van der Waals surface area contributed by atoms with Crippen LogP contribution in [0.25, 0.3) is 0 Å². The molecule has 1 amide bonds. The number of nitrogens with one attached hydrogen (secondary N) is 1. The summed E-state index contributed by atoms with van der Waals surface area (Å²) in [6.45, 7) is 0.189. The summed E-state index contributed by atoms with van der Waals surface area (Å²) < 4.78 is 13.4. The quantitative estimate of drug-likeness (QED) is 0.866. The summed E-state index contributed by atoms with van der Waals surface area (Å²) in [5, 5.41) is 2.74. The summed E-state index contributed by atoms with van der Waals surface area (Å²) in [5.74, 6) is -0.492. The third-order valence-corrected chi connectivity index (χ3v) is 3.54. The zero-order valence-corrected chi connectivity index (χ0v) is 11.3. The maximum atomic E-state index is 13.4. The largest absolute Gasteiger partial charge is 0.348 e. The van der Waals surface area contributed by atoms with Crippen LogP contribution in [0.15, 0.2) is 53.4 Å². The van der Waals surface area contributed by atoms with Gasteiger partial charge in [-0.05, 0) is 24.5 Å². The Bertz CT molecular complexity index is 586. The number of hydrogen-bond acceptors (Lipinski definition) is 2. The maximum absolute atomic E-state index is 13.4. The highest BCUT2D eigenvalue weighted by molar-refractivity contribution is 7.98. The van der Waals surface area contributed by atoms with Crippen LogP contribution in [-0.4, -0.2) is 12.2 Å². The summed E-state index contributed by atoms with van der Waals surface area (Å²) in [4.78, 5) is 13.0. The van der Waals surface area contributed by atoms with Gasteiger partial charge < -0.3 is 5.32 Å². The van der Waals surface area contributed by atoms with E-state index in [0.717, 1.165) is 4.90 Å². The Labute approximate surface area is 116 Å². The van der Waals surface area contributed by atoms with Gasteiger partial charge in [-0.25, -0.2) is 4.39 Å². The average Bonchev–Trinajstić information content (AvgIpc) is 2.46. The molecule has 0 aliphatic rings. The molecule has 0 unspecified atom stereocenters. The van der Waals surface area contributed by atoms with Crippen LogP contribution in [0.1, 0.15) is 15.9 Å². The van der Waals surface area contributed by atoms with Crippen molar-refractivity contribution in [3.63, 3.8) is 0 Å². The van der Waals surface area contributed by atoms with E-state index in [4.69, 9.17) is 0 Å². The molecule has 98 valence electrons. The van der Waals surface area contributed by atoms with Crippen molar-refractivity contribution in [2.24, 2.45) is 0 Å². The summed E-state index contributed by atoms with van der Waals surface area (Å²) in [7, 11) is 0. The van der Waals surface area contributed by atoms with Gasteiger partial charge in [0.25, 0.3) is 5.91 Å². The Kier molecular flexibility index (Phi) is 4.58. The molecule has 4 heteroatoms. The third kappa shape index (κ3) is 3.35. The first-order valence-corrected chi connectivity index (χ1v) is 7.09. The second-order valence-corrected chi connectivity index (χ2v) is 4.82. The molecule has 0 aliphatic heterocycles. The SMILES string of the molecule is CSc1ccccc1C(=O)NCc1ccccc1F. The lowest BCUT2D eigenvalue weighted by Crippen LogP contribution is -2.23. The predicted molar refractivity (Wildman–Crippen MR) is 75.8 cm³/mol. The van der Waals surface area contributed by atoms with Crippen molar-refractivity contribution in [2.45, 2.75) is 11.4 Å². The minimum atomic E-state index is -0.305. The minimum Gasteiger partial charge on any atom is -0.348 e. The van der Waals surface area contributed by atoms with E-state index in [-0.39, 0.29) is 18.3 Å². The minimum absolute atomic E-state index is 0.187. The molecule has 2 nitrogen and oxygen atoms in total. The molecule has 19 heavy (non-hydrogen) atoms. The molecule has 0 aromatic heterocycles. The van der Waals surface area contributed by atoms with Gasteiger partial charge in [0.2, 0.25) is 0 Å². The number of carbonyl (C=O) groups excluding carboxylic acids is 1. The second kappa shape index (κ2) is 6.38. The fraction of sp³-hybridized carbons (Fsp3) is 0.133. The second-order valence-electron chi connectivity index (χ2n) is 3.97. The van der Waals surface area contributed by atoms with Gasteiger partial charge in [0.15, 0.2) is 0 Å². The number of carbonyl (C=O) groups is 1. The lowest BCUT2D eigenvalue weighted by Gasteiger charge is -2.09. The Morgan fingerprint density at radius 1 is 1.16 bits per heavy atom. The maximum Gasteiger partial charge on any atom is 0.252 e. The smallest absolute Gasteiger partial charge is 0.252 e. The number of benzene rings is 2. The van der Waals surface area contributed by atoms with Crippen LogP contribution in [0.5, 0.6) is 0 Å². The number of thioether (sulfide) groups is 1. The van der Waals surface area contributed by atoms with Crippen LogP contribution in [-0.2, 0) is 6.54 Å². The summed E-state index contributed by atoms with van der Waals surface area (Å²) in [6, 6.07) is 13.8. The highest BCUT2D eigenvalue weighted by atomic mass is 32.2. The molecule has 0 atom stereocenters. The molecule has 0 spiro atoms. The van der Waals surface area contributed by atoms with Crippen LogP contribution < -0.4 is 5.32 Å². The Balaban J connectivity index is 2.08. The molecule has 0 bridgehead atoms. The molecule has 0 heterocycles. The van der Waals surface area contributed by atoms with Crippen molar-refractivity contribution in [1.29, 1.82) is 0 Å². The van der Waals surface area contributed by atoms with Gasteiger partial charge in [-0.3, -0.25) is 4.79 Å². The van der Waals surface area contributed by atoms with E-state index in [0.29, 0.717) is 11.1 Å². The van der Waals surface area contributed by atoms with Crippen LogP contribution in [0.3, 0.4) is 0 Å². The summed E-state index contributed by atoms with van der Waals surface area (Å²) >= 11 is 1.51. The van der Waals surface area contributed by atoms with Gasteiger partial charge in [-0.2, -0.15) is 0 Å². The zero-order chi connectivity index (χ0) is 13.7. The monoisotopic (exact) mass is 275 g/mol. The molecular weight excluding hydrogens is 261 g/mol. The van der Waals surface area contributed by atoms with Gasteiger partial charge in [0, 0.05) is 17.0 Å². The highest BCUT2D eigenvalue weighted by Gasteiger charge is 2.10. The van der Waals surface area contributed by atoms with E-state index in [9.17, 15) is 9.18 Å². The number of halogens is 1. The zero-order valence-electron chi connectivity index (χ0n) is 10.5. The predicted octanol–water partition coefficient (Wildman–Crippen LogP) is 3.48. The average molecular weight is 275 g/mol. The Hall–Kier alpha value is -1.81. The van der Waals surface area contributed by atoms with Crippen molar-refractivity contribution in [2.75, 3.05) is 6.26 Å². The number of rotatable bonds is 4. The molecular formula is C15H14FNOS. The van der Waals surface area contributed by atoms with Crippen LogP contribution in [0.4, 0.5) is 4.39 Å². The molecule has 0 saturated carbocycles. The third-order valence-electron chi connectivity index (χ3n) is 2.75. The number of hydrogen-bond donors (Lipinski definition) is 1. The number of amides is 1. The molecule has 1 N–H and O–H groups in total. The van der Waals surface area contributed by atoms with E-state index < -0.39 is 0 Å². The van der Waals surface area contributed by atoms with Gasteiger partial charge in [0.1, 0.15) is 5.82 Å². The normalized spacial score (nSPS) is 10.2. The highest BCUT2D eigenvalue weighted by Crippen LogP contribution is 2.19. The van der Waals surface area contributed by atoms with Crippen molar-refractivity contribution in [1.82, 2.24) is 5.32 Å². The van der Waals surface area contributed by atoms with Crippen molar-refractivity contribution < 1.29 is 9.18 Å². The Morgan fingerprint density at radius 3 is 2.58 bits per heavy atom. The first-order chi connectivity index (χ1) is 9.22. The van der Waals surface area contributed by atoms with Gasteiger partial charge >= 0.3 is 0 Å². The van der Waals surface area contributed by atoms with Gasteiger partial charge in [-0.1, -0.05) is 30.3 Å². The summed E-state index contributed by atoms with van der Waals surface area (Å²) in [6.07, 6.45) is 1.92. The fourth-order valence-corrected chi connectivity index (χ4v) is 2.34. The van der Waals surface area contributed by atoms with E-state index in [1.807, 2.05) is 24.5 Å². The molecule has 2 aromatic carbocycles. The molecule has 0 aliphatic carbocycles. The standard InChI is InChI=1S/C15H14FNOS/c1-19-14-9-5-3-7-12(14)15(18)17-10-11-6-2-4-8-13(11)16/h2-9H,10H2,1H3,(H,17,18). The molecule has 0 saturated heterocycles. The first-order valence-electron chi connectivity index (χ1n) is 5.87. The van der Waals surface area contributed by atoms with Crippen molar-refractivity contribution in [3.8, 4) is 0 Å². The lowest BCUT2D eigenvalue weighted by atomic mass is 10.2. The van der Waals surface area contributed by atoms with E-state index in [1.165, 1.54) is 17.8 Å². The first kappa shape index (κ1) is 13.6.